The minimum absolute atomic E-state index is 0.565. The maximum atomic E-state index is 3.45. The molecule has 2 heteroatoms. The lowest BCUT2D eigenvalue weighted by Crippen LogP contribution is -2.22. The molecule has 0 radical (unpaired) electrons. The van der Waals surface area contributed by atoms with Gasteiger partial charge in [-0.25, -0.2) is 0 Å². The fourth-order valence-corrected chi connectivity index (χ4v) is 3.11. The van der Waals surface area contributed by atoms with E-state index in [1.54, 1.807) is 0 Å². The predicted molar refractivity (Wildman–Crippen MR) is 80.6 cm³/mol. The molecule has 1 aliphatic rings. The lowest BCUT2D eigenvalue weighted by atomic mass is 9.69. The van der Waals surface area contributed by atoms with Crippen LogP contribution in [0.15, 0.2) is 24.3 Å². The third-order valence-corrected chi connectivity index (χ3v) is 4.28. The van der Waals surface area contributed by atoms with Crippen LogP contribution in [0.25, 0.3) is 0 Å². The average Bonchev–Trinajstić information content (AvgIpc) is 2.31. The van der Waals surface area contributed by atoms with Crippen LogP contribution in [0, 0.1) is 5.41 Å². The van der Waals surface area contributed by atoms with E-state index in [1.165, 1.54) is 44.9 Å². The molecule has 1 fully saturated rings. The maximum Gasteiger partial charge on any atom is 0.0212 e. The summed E-state index contributed by atoms with van der Waals surface area (Å²) in [7, 11) is 0. The fourth-order valence-electron chi connectivity index (χ4n) is 2.59. The number of allylic oxidation sites excluding steroid dienone is 4. The van der Waals surface area contributed by atoms with Crippen molar-refractivity contribution in [3.05, 3.63) is 24.3 Å². The average molecular weight is 350 g/mol. The van der Waals surface area contributed by atoms with Crippen molar-refractivity contribution in [2.75, 3.05) is 10.7 Å². The van der Waals surface area contributed by atoms with Crippen LogP contribution in [0.4, 0.5) is 0 Å². The monoisotopic (exact) mass is 348 g/mol. The molecule has 0 unspecified atom stereocenters. The molecule has 16 heavy (non-hydrogen) atoms. The second kappa shape index (κ2) is 8.52. The van der Waals surface area contributed by atoms with Crippen LogP contribution >= 0.6 is 31.9 Å². The van der Waals surface area contributed by atoms with Crippen molar-refractivity contribution in [2.24, 2.45) is 5.41 Å². The Labute approximate surface area is 117 Å². The van der Waals surface area contributed by atoms with E-state index in [2.05, 4.69) is 56.2 Å². The number of hydrogen-bond acceptors (Lipinski definition) is 0. The quantitative estimate of drug-likeness (QED) is 0.431. The van der Waals surface area contributed by atoms with Crippen molar-refractivity contribution in [1.29, 1.82) is 0 Å². The topological polar surface area (TPSA) is 0 Å². The smallest absolute Gasteiger partial charge is 0.0212 e. The van der Waals surface area contributed by atoms with E-state index in [0.29, 0.717) is 5.41 Å². The van der Waals surface area contributed by atoms with Gasteiger partial charge in [-0.05, 0) is 31.1 Å². The van der Waals surface area contributed by atoms with E-state index >= 15 is 0 Å². The van der Waals surface area contributed by atoms with Gasteiger partial charge in [0.1, 0.15) is 0 Å². The van der Waals surface area contributed by atoms with Gasteiger partial charge in [0, 0.05) is 10.7 Å². The summed E-state index contributed by atoms with van der Waals surface area (Å²) < 4.78 is 0. The molecule has 0 aliphatic heterocycles. The van der Waals surface area contributed by atoms with Gasteiger partial charge in [0.25, 0.3) is 0 Å². The Balaban J connectivity index is 2.52. The molecular weight excluding hydrogens is 328 g/mol. The van der Waals surface area contributed by atoms with Crippen molar-refractivity contribution in [1.82, 2.24) is 0 Å². The predicted octanol–water partition coefficient (Wildman–Crippen LogP) is 5.62. The first-order valence-electron chi connectivity index (χ1n) is 6.25. The van der Waals surface area contributed by atoms with E-state index in [-0.39, 0.29) is 0 Å². The first kappa shape index (κ1) is 14.5. The summed E-state index contributed by atoms with van der Waals surface area (Å²) in [6.45, 7) is 0. The second-order valence-corrected chi connectivity index (χ2v) is 6.02. The number of rotatable bonds is 6. The Morgan fingerprint density at radius 3 is 1.69 bits per heavy atom. The van der Waals surface area contributed by atoms with Crippen molar-refractivity contribution >= 4 is 31.9 Å². The molecule has 0 aromatic rings. The summed E-state index contributed by atoms with van der Waals surface area (Å²) in [5, 5.41) is 1.97. The van der Waals surface area contributed by atoms with E-state index in [4.69, 9.17) is 0 Å². The first-order chi connectivity index (χ1) is 7.83. The van der Waals surface area contributed by atoms with Gasteiger partial charge in [-0.2, -0.15) is 0 Å². The summed E-state index contributed by atoms with van der Waals surface area (Å²) in [6.07, 6.45) is 18.8. The van der Waals surface area contributed by atoms with Crippen LogP contribution < -0.4 is 0 Å². The molecule has 0 N–H and O–H groups in total. The number of hydrogen-bond donors (Lipinski definition) is 0. The molecule has 0 atom stereocenters. The lowest BCUT2D eigenvalue weighted by Gasteiger charge is -2.36. The van der Waals surface area contributed by atoms with Crippen molar-refractivity contribution < 1.29 is 0 Å². The maximum absolute atomic E-state index is 3.45. The van der Waals surface area contributed by atoms with E-state index in [1.807, 2.05) is 0 Å². The summed E-state index contributed by atoms with van der Waals surface area (Å²) in [6, 6.07) is 0. The van der Waals surface area contributed by atoms with Crippen LogP contribution in [0.1, 0.15) is 44.9 Å². The molecule has 0 bridgehead atoms. The molecule has 0 saturated heterocycles. The zero-order valence-electron chi connectivity index (χ0n) is 9.93. The molecule has 1 saturated carbocycles. The minimum atomic E-state index is 0.565. The van der Waals surface area contributed by atoms with Gasteiger partial charge < -0.3 is 0 Å². The Bertz CT molecular complexity index is 207. The standard InChI is InChI=1S/C14H22Br2/c15-12-6-4-10-14(11-5-7-13-16)8-2-1-3-9-14/h4-7H,1-3,8-13H2/b6-4+,7-5+. The number of alkyl halides is 2. The second-order valence-electron chi connectivity index (χ2n) is 4.72. The first-order valence-corrected chi connectivity index (χ1v) is 8.49. The Morgan fingerprint density at radius 1 is 0.750 bits per heavy atom. The van der Waals surface area contributed by atoms with Crippen LogP contribution in [0.5, 0.6) is 0 Å². The van der Waals surface area contributed by atoms with Crippen LogP contribution in [0.2, 0.25) is 0 Å². The molecule has 0 spiro atoms. The van der Waals surface area contributed by atoms with Gasteiger partial charge in [-0.1, -0.05) is 75.4 Å². The summed E-state index contributed by atoms with van der Waals surface area (Å²) in [4.78, 5) is 0. The van der Waals surface area contributed by atoms with Crippen LogP contribution in [-0.2, 0) is 0 Å². The highest BCUT2D eigenvalue weighted by Crippen LogP contribution is 2.42. The van der Waals surface area contributed by atoms with E-state index in [9.17, 15) is 0 Å². The Kier molecular flexibility index (Phi) is 7.72. The third-order valence-electron chi connectivity index (χ3n) is 3.53. The molecule has 0 aromatic carbocycles. The minimum Gasteiger partial charge on any atom is -0.0883 e. The van der Waals surface area contributed by atoms with Crippen molar-refractivity contribution in [3.63, 3.8) is 0 Å². The van der Waals surface area contributed by atoms with Gasteiger partial charge in [0.2, 0.25) is 0 Å². The third kappa shape index (κ3) is 5.18. The van der Waals surface area contributed by atoms with Gasteiger partial charge in [0.05, 0.1) is 0 Å². The van der Waals surface area contributed by atoms with Crippen LogP contribution in [0.3, 0.4) is 0 Å². The van der Waals surface area contributed by atoms with Gasteiger partial charge >= 0.3 is 0 Å². The Morgan fingerprint density at radius 2 is 1.25 bits per heavy atom. The zero-order chi connectivity index (χ0) is 11.7. The highest BCUT2D eigenvalue weighted by molar-refractivity contribution is 9.09. The van der Waals surface area contributed by atoms with Gasteiger partial charge in [-0.3, -0.25) is 0 Å². The number of halogens is 2. The molecular formula is C14H22Br2. The Hall–Kier alpha value is 0.440. The van der Waals surface area contributed by atoms with Crippen molar-refractivity contribution in [2.45, 2.75) is 44.9 Å². The van der Waals surface area contributed by atoms with Crippen molar-refractivity contribution in [3.8, 4) is 0 Å². The highest BCUT2D eigenvalue weighted by Gasteiger charge is 2.29. The fraction of sp³-hybridized carbons (Fsp3) is 0.714. The molecule has 92 valence electrons. The molecule has 1 aliphatic carbocycles. The largest absolute Gasteiger partial charge is 0.0883 e. The van der Waals surface area contributed by atoms with E-state index in [0.717, 1.165) is 10.7 Å². The normalized spacial score (nSPS) is 20.9. The SMILES string of the molecule is BrC/C=C/CC1(C/C=C/CBr)CCCCC1. The van der Waals surface area contributed by atoms with E-state index < -0.39 is 0 Å². The molecule has 1 rings (SSSR count). The molecule has 0 amide bonds. The summed E-state index contributed by atoms with van der Waals surface area (Å²) in [5.41, 5.74) is 0.565. The summed E-state index contributed by atoms with van der Waals surface area (Å²) >= 11 is 6.90. The highest BCUT2D eigenvalue weighted by atomic mass is 79.9. The zero-order valence-corrected chi connectivity index (χ0v) is 13.1. The lowest BCUT2D eigenvalue weighted by molar-refractivity contribution is 0.194. The van der Waals surface area contributed by atoms with Gasteiger partial charge in [0.15, 0.2) is 0 Å². The summed E-state index contributed by atoms with van der Waals surface area (Å²) in [5.74, 6) is 0. The molecule has 0 nitrogen and oxygen atoms in total. The molecule has 0 aromatic heterocycles. The molecule has 0 heterocycles. The van der Waals surface area contributed by atoms with Gasteiger partial charge in [-0.15, -0.1) is 0 Å². The van der Waals surface area contributed by atoms with Crippen LogP contribution in [-0.4, -0.2) is 10.7 Å².